The van der Waals surface area contributed by atoms with E-state index in [4.69, 9.17) is 16.3 Å². The standard InChI is InChI=1S/C11H15ClF3NOS/c12-7-9-8-18-10(16-9)3-1-5-17-6-2-4-11(13,14)15/h8H,1-7H2. The molecule has 0 aliphatic heterocycles. The Morgan fingerprint density at radius 2 is 2.00 bits per heavy atom. The van der Waals surface area contributed by atoms with Gasteiger partial charge < -0.3 is 4.74 Å². The van der Waals surface area contributed by atoms with Gasteiger partial charge in [0.05, 0.1) is 16.6 Å². The van der Waals surface area contributed by atoms with E-state index in [1.165, 1.54) is 0 Å². The Hall–Kier alpha value is -0.330. The fourth-order valence-electron chi connectivity index (χ4n) is 1.33. The molecule has 2 nitrogen and oxygen atoms in total. The molecule has 0 aliphatic carbocycles. The zero-order valence-corrected chi connectivity index (χ0v) is 11.4. The second-order valence-electron chi connectivity index (χ2n) is 3.80. The Balaban J connectivity index is 1.99. The molecule has 0 saturated carbocycles. The lowest BCUT2D eigenvalue weighted by Crippen LogP contribution is -2.09. The van der Waals surface area contributed by atoms with Gasteiger partial charge in [0, 0.05) is 31.4 Å². The van der Waals surface area contributed by atoms with Gasteiger partial charge in [0.2, 0.25) is 0 Å². The van der Waals surface area contributed by atoms with Gasteiger partial charge in [-0.1, -0.05) is 0 Å². The highest BCUT2D eigenvalue weighted by atomic mass is 35.5. The number of thiazole rings is 1. The van der Waals surface area contributed by atoms with E-state index in [1.54, 1.807) is 11.3 Å². The molecule has 0 atom stereocenters. The molecule has 0 unspecified atom stereocenters. The lowest BCUT2D eigenvalue weighted by atomic mass is 10.3. The molecule has 0 aliphatic rings. The Morgan fingerprint density at radius 3 is 2.61 bits per heavy atom. The number of hydrogen-bond acceptors (Lipinski definition) is 3. The maximum absolute atomic E-state index is 11.8. The van der Waals surface area contributed by atoms with Crippen LogP contribution in [0.15, 0.2) is 5.38 Å². The second-order valence-corrected chi connectivity index (χ2v) is 5.01. The molecule has 0 fully saturated rings. The van der Waals surface area contributed by atoms with Crippen LogP contribution in [-0.4, -0.2) is 24.4 Å². The summed E-state index contributed by atoms with van der Waals surface area (Å²) in [4.78, 5) is 4.28. The van der Waals surface area contributed by atoms with Gasteiger partial charge in [-0.2, -0.15) is 13.2 Å². The topological polar surface area (TPSA) is 22.1 Å². The monoisotopic (exact) mass is 301 g/mol. The van der Waals surface area contributed by atoms with E-state index in [1.807, 2.05) is 5.38 Å². The average molecular weight is 302 g/mol. The van der Waals surface area contributed by atoms with Crippen molar-refractivity contribution in [1.29, 1.82) is 0 Å². The molecule has 1 heterocycles. The maximum atomic E-state index is 11.8. The highest BCUT2D eigenvalue weighted by Gasteiger charge is 2.25. The smallest absolute Gasteiger partial charge is 0.381 e. The molecular formula is C11H15ClF3NOS. The normalized spacial score (nSPS) is 12.0. The number of rotatable bonds is 8. The average Bonchev–Trinajstić information content (AvgIpc) is 2.74. The van der Waals surface area contributed by atoms with Gasteiger partial charge in [-0.25, -0.2) is 4.98 Å². The summed E-state index contributed by atoms with van der Waals surface area (Å²) in [5.41, 5.74) is 0.864. The van der Waals surface area contributed by atoms with Crippen LogP contribution in [0.4, 0.5) is 13.2 Å². The number of hydrogen-bond donors (Lipinski definition) is 0. The van der Waals surface area contributed by atoms with Crippen LogP contribution >= 0.6 is 22.9 Å². The van der Waals surface area contributed by atoms with Crippen molar-refractivity contribution < 1.29 is 17.9 Å². The highest BCUT2D eigenvalue weighted by molar-refractivity contribution is 7.09. The maximum Gasteiger partial charge on any atom is 0.389 e. The van der Waals surface area contributed by atoms with Crippen molar-refractivity contribution in [2.24, 2.45) is 0 Å². The number of aryl methyl sites for hydroxylation is 1. The van der Waals surface area contributed by atoms with Gasteiger partial charge in [-0.3, -0.25) is 0 Å². The van der Waals surface area contributed by atoms with Crippen LogP contribution in [0.1, 0.15) is 30.0 Å². The fourth-order valence-corrected chi connectivity index (χ4v) is 2.40. The third kappa shape index (κ3) is 7.18. The molecule has 0 spiro atoms. The Morgan fingerprint density at radius 1 is 1.28 bits per heavy atom. The predicted molar refractivity (Wildman–Crippen MR) is 66.1 cm³/mol. The van der Waals surface area contributed by atoms with Crippen LogP contribution in [0, 0.1) is 0 Å². The first-order chi connectivity index (χ1) is 8.51. The van der Waals surface area contributed by atoms with Crippen LogP contribution in [-0.2, 0) is 17.0 Å². The van der Waals surface area contributed by atoms with Crippen molar-refractivity contribution in [3.8, 4) is 0 Å². The molecule has 1 aromatic rings. The zero-order valence-electron chi connectivity index (χ0n) is 9.80. The van der Waals surface area contributed by atoms with E-state index < -0.39 is 12.6 Å². The fraction of sp³-hybridized carbons (Fsp3) is 0.727. The van der Waals surface area contributed by atoms with Crippen LogP contribution in [0.3, 0.4) is 0 Å². The molecule has 0 radical (unpaired) electrons. The van der Waals surface area contributed by atoms with Gasteiger partial charge in [0.25, 0.3) is 0 Å². The first-order valence-electron chi connectivity index (χ1n) is 5.65. The SMILES string of the molecule is FC(F)(F)CCCOCCCc1nc(CCl)cs1. The summed E-state index contributed by atoms with van der Waals surface area (Å²) >= 11 is 7.17. The van der Waals surface area contributed by atoms with Crippen molar-refractivity contribution in [2.45, 2.75) is 37.7 Å². The summed E-state index contributed by atoms with van der Waals surface area (Å²) in [5.74, 6) is 0.407. The van der Waals surface area contributed by atoms with Gasteiger partial charge >= 0.3 is 6.18 Å². The van der Waals surface area contributed by atoms with Gasteiger partial charge in [-0.05, 0) is 12.8 Å². The van der Waals surface area contributed by atoms with Gasteiger partial charge in [-0.15, -0.1) is 22.9 Å². The molecule has 0 amide bonds. The molecule has 0 bridgehead atoms. The van der Waals surface area contributed by atoms with Crippen molar-refractivity contribution in [3.63, 3.8) is 0 Å². The van der Waals surface area contributed by atoms with Crippen LogP contribution < -0.4 is 0 Å². The predicted octanol–water partition coefficient (Wildman–Crippen LogP) is 4.17. The van der Waals surface area contributed by atoms with E-state index in [2.05, 4.69) is 4.98 Å². The summed E-state index contributed by atoms with van der Waals surface area (Å²) in [5, 5.41) is 2.90. The lowest BCUT2D eigenvalue weighted by Gasteiger charge is -2.06. The summed E-state index contributed by atoms with van der Waals surface area (Å²) in [6, 6.07) is 0. The van der Waals surface area contributed by atoms with Crippen LogP contribution in [0.2, 0.25) is 0 Å². The Labute approximate surface area is 113 Å². The summed E-state index contributed by atoms with van der Waals surface area (Å²) in [6.07, 6.45) is -3.29. The van der Waals surface area contributed by atoms with E-state index in [0.717, 1.165) is 23.5 Å². The summed E-state index contributed by atoms with van der Waals surface area (Å²) < 4.78 is 40.6. The number of halogens is 4. The lowest BCUT2D eigenvalue weighted by molar-refractivity contribution is -0.137. The minimum absolute atomic E-state index is 0.0249. The van der Waals surface area contributed by atoms with Gasteiger partial charge in [0.1, 0.15) is 0 Å². The first-order valence-corrected chi connectivity index (χ1v) is 7.06. The van der Waals surface area contributed by atoms with E-state index >= 15 is 0 Å². The van der Waals surface area contributed by atoms with E-state index in [9.17, 15) is 13.2 Å². The third-order valence-electron chi connectivity index (χ3n) is 2.16. The summed E-state index contributed by atoms with van der Waals surface area (Å²) in [6.45, 7) is 0.623. The van der Waals surface area contributed by atoms with E-state index in [0.29, 0.717) is 12.5 Å². The van der Waals surface area contributed by atoms with E-state index in [-0.39, 0.29) is 13.0 Å². The third-order valence-corrected chi connectivity index (χ3v) is 3.40. The zero-order chi connectivity index (χ0) is 13.4. The number of nitrogens with zero attached hydrogens (tertiary/aromatic N) is 1. The Kier molecular flexibility index (Phi) is 6.96. The quantitative estimate of drug-likeness (QED) is 0.531. The molecular weight excluding hydrogens is 287 g/mol. The number of aromatic nitrogens is 1. The molecule has 7 heteroatoms. The molecule has 0 aromatic carbocycles. The number of alkyl halides is 4. The highest BCUT2D eigenvalue weighted by Crippen LogP contribution is 2.21. The van der Waals surface area contributed by atoms with Crippen molar-refractivity contribution in [2.75, 3.05) is 13.2 Å². The van der Waals surface area contributed by atoms with Crippen molar-refractivity contribution in [3.05, 3.63) is 16.1 Å². The van der Waals surface area contributed by atoms with Crippen molar-refractivity contribution in [1.82, 2.24) is 4.98 Å². The minimum atomic E-state index is -4.08. The minimum Gasteiger partial charge on any atom is -0.381 e. The molecule has 0 saturated heterocycles. The van der Waals surface area contributed by atoms with Crippen LogP contribution in [0.25, 0.3) is 0 Å². The largest absolute Gasteiger partial charge is 0.389 e. The molecule has 0 N–H and O–H groups in total. The van der Waals surface area contributed by atoms with Crippen molar-refractivity contribution >= 4 is 22.9 Å². The molecule has 1 aromatic heterocycles. The molecule has 104 valence electrons. The molecule has 1 rings (SSSR count). The van der Waals surface area contributed by atoms with Gasteiger partial charge in [0.15, 0.2) is 0 Å². The molecule has 18 heavy (non-hydrogen) atoms. The summed E-state index contributed by atoms with van der Waals surface area (Å²) in [7, 11) is 0. The second kappa shape index (κ2) is 7.96. The van der Waals surface area contributed by atoms with Crippen LogP contribution in [0.5, 0.6) is 0 Å². The first kappa shape index (κ1) is 15.7. The Bertz CT molecular complexity index is 343. The number of ether oxygens (including phenoxy) is 1.